The Kier molecular flexibility index (Phi) is 6.83. The lowest BCUT2D eigenvalue weighted by Gasteiger charge is -2.12. The van der Waals surface area contributed by atoms with Gasteiger partial charge in [0.05, 0.1) is 24.6 Å². The zero-order valence-electron chi connectivity index (χ0n) is 19.8. The smallest absolute Gasteiger partial charge is 0.256 e. The predicted molar refractivity (Wildman–Crippen MR) is 143 cm³/mol. The molecule has 37 heavy (non-hydrogen) atoms. The highest BCUT2D eigenvalue weighted by molar-refractivity contribution is 6.31. The number of nitrogens with one attached hydrogen (secondary N) is 1. The number of carbonyl (C=O) groups is 2. The molecule has 0 aliphatic rings. The van der Waals surface area contributed by atoms with Crippen molar-refractivity contribution in [1.29, 1.82) is 0 Å². The van der Waals surface area contributed by atoms with E-state index in [0.717, 1.165) is 5.56 Å². The summed E-state index contributed by atoms with van der Waals surface area (Å²) in [5.41, 5.74) is 2.79. The van der Waals surface area contributed by atoms with E-state index in [1.807, 2.05) is 30.3 Å². The zero-order valence-corrected chi connectivity index (χ0v) is 20.5. The van der Waals surface area contributed by atoms with Gasteiger partial charge in [-0.05, 0) is 42.5 Å². The van der Waals surface area contributed by atoms with Crippen molar-refractivity contribution in [3.63, 3.8) is 0 Å². The van der Waals surface area contributed by atoms with E-state index in [4.69, 9.17) is 20.8 Å². The summed E-state index contributed by atoms with van der Waals surface area (Å²) in [5.74, 6) is 0.861. The van der Waals surface area contributed by atoms with E-state index in [-0.39, 0.29) is 5.78 Å². The summed E-state index contributed by atoms with van der Waals surface area (Å²) in [7, 11) is 1.60. The molecule has 5 rings (SSSR count). The molecule has 0 spiro atoms. The second kappa shape index (κ2) is 10.5. The highest BCUT2D eigenvalue weighted by Gasteiger charge is 2.20. The average molecular weight is 509 g/mol. The molecule has 1 N–H and O–H groups in total. The molecule has 0 bridgehead atoms. The average Bonchev–Trinajstić information content (AvgIpc) is 3.44. The van der Waals surface area contributed by atoms with Gasteiger partial charge in [-0.25, -0.2) is 4.98 Å². The molecule has 7 heteroatoms. The van der Waals surface area contributed by atoms with Crippen molar-refractivity contribution in [3.8, 4) is 28.5 Å². The van der Waals surface area contributed by atoms with Crippen LogP contribution in [0.5, 0.6) is 5.75 Å². The van der Waals surface area contributed by atoms with Crippen LogP contribution in [-0.4, -0.2) is 23.8 Å². The molecule has 0 aliphatic heterocycles. The maximum Gasteiger partial charge on any atom is 0.256 e. The van der Waals surface area contributed by atoms with Crippen molar-refractivity contribution >= 4 is 29.0 Å². The molecule has 0 unspecified atom stereocenters. The second-order valence-electron chi connectivity index (χ2n) is 8.15. The van der Waals surface area contributed by atoms with Crippen LogP contribution in [0.2, 0.25) is 5.02 Å². The van der Waals surface area contributed by atoms with Crippen LogP contribution in [-0.2, 0) is 0 Å². The number of halogens is 1. The number of ether oxygens (including phenoxy) is 1. The van der Waals surface area contributed by atoms with Crippen molar-refractivity contribution < 1.29 is 18.7 Å². The zero-order chi connectivity index (χ0) is 25.8. The van der Waals surface area contributed by atoms with Gasteiger partial charge in [-0.15, -0.1) is 0 Å². The van der Waals surface area contributed by atoms with Gasteiger partial charge in [0.25, 0.3) is 5.91 Å². The van der Waals surface area contributed by atoms with E-state index < -0.39 is 5.91 Å². The maximum absolute atomic E-state index is 13.4. The van der Waals surface area contributed by atoms with Gasteiger partial charge < -0.3 is 14.5 Å². The van der Waals surface area contributed by atoms with Crippen LogP contribution in [0.3, 0.4) is 0 Å². The number of anilines is 1. The lowest BCUT2D eigenvalue weighted by atomic mass is 10.0. The Morgan fingerprint density at radius 2 is 1.65 bits per heavy atom. The molecule has 0 saturated carbocycles. The maximum atomic E-state index is 13.4. The molecule has 0 radical (unpaired) electrons. The first-order valence-corrected chi connectivity index (χ1v) is 11.8. The molecule has 0 aliphatic carbocycles. The van der Waals surface area contributed by atoms with Crippen LogP contribution in [0.25, 0.3) is 22.8 Å². The number of hydrogen-bond acceptors (Lipinski definition) is 5. The molecular formula is C30H21ClN2O4. The minimum atomic E-state index is -0.416. The van der Waals surface area contributed by atoms with Gasteiger partial charge in [-0.1, -0.05) is 66.2 Å². The third-order valence-corrected chi connectivity index (χ3v) is 6.01. The topological polar surface area (TPSA) is 81.4 Å². The van der Waals surface area contributed by atoms with Crippen LogP contribution in [0.4, 0.5) is 5.69 Å². The van der Waals surface area contributed by atoms with E-state index >= 15 is 0 Å². The number of methoxy groups -OCH3 is 1. The summed E-state index contributed by atoms with van der Waals surface area (Å²) in [6.45, 7) is 0. The van der Waals surface area contributed by atoms with Gasteiger partial charge >= 0.3 is 0 Å². The molecule has 5 aromatic rings. The van der Waals surface area contributed by atoms with Gasteiger partial charge in [0.1, 0.15) is 5.75 Å². The monoisotopic (exact) mass is 508 g/mol. The molecule has 1 heterocycles. The first-order valence-electron chi connectivity index (χ1n) is 11.4. The first-order chi connectivity index (χ1) is 18.0. The number of ketones is 1. The quantitative estimate of drug-likeness (QED) is 0.236. The highest BCUT2D eigenvalue weighted by atomic mass is 35.5. The van der Waals surface area contributed by atoms with Gasteiger partial charge in [0.15, 0.2) is 11.5 Å². The standard InChI is InChI=1S/C30H21ClN2O4/c1-36-22-11-7-10-20(16-22)27-18-32-30(37-27)24-13-6-5-12-23(24)29(35)33-26-15-14-21(31)17-25(26)28(34)19-8-3-2-4-9-19/h2-18H,1H3,(H,33,35). The highest BCUT2D eigenvalue weighted by Crippen LogP contribution is 2.31. The molecule has 1 aromatic heterocycles. The third kappa shape index (κ3) is 5.15. The van der Waals surface area contributed by atoms with Crippen molar-refractivity contribution in [2.24, 2.45) is 0 Å². The Bertz CT molecular complexity index is 1590. The molecule has 0 atom stereocenters. The van der Waals surface area contributed by atoms with E-state index in [2.05, 4.69) is 10.3 Å². The van der Waals surface area contributed by atoms with E-state index in [1.165, 1.54) is 0 Å². The van der Waals surface area contributed by atoms with E-state index in [0.29, 0.717) is 50.4 Å². The SMILES string of the molecule is COc1cccc(-c2cnc(-c3ccccc3C(=O)Nc3ccc(Cl)cc3C(=O)c3ccccc3)o2)c1. The number of nitrogens with zero attached hydrogens (tertiary/aromatic N) is 1. The number of benzene rings is 4. The fraction of sp³-hybridized carbons (Fsp3) is 0.0333. The normalized spacial score (nSPS) is 10.6. The minimum Gasteiger partial charge on any atom is -0.497 e. The Labute approximate surface area is 218 Å². The minimum absolute atomic E-state index is 0.248. The lowest BCUT2D eigenvalue weighted by Crippen LogP contribution is -2.16. The summed E-state index contributed by atoms with van der Waals surface area (Å²) < 4.78 is 11.3. The lowest BCUT2D eigenvalue weighted by molar-refractivity contribution is 0.102. The number of amides is 1. The van der Waals surface area contributed by atoms with Crippen molar-refractivity contribution in [3.05, 3.63) is 125 Å². The number of rotatable bonds is 7. The summed E-state index contributed by atoms with van der Waals surface area (Å²) in [4.78, 5) is 31.0. The fourth-order valence-corrected chi connectivity index (χ4v) is 4.10. The number of aromatic nitrogens is 1. The summed E-state index contributed by atoms with van der Waals surface area (Å²) >= 11 is 6.19. The van der Waals surface area contributed by atoms with Crippen LogP contribution >= 0.6 is 11.6 Å². The largest absolute Gasteiger partial charge is 0.497 e. The Morgan fingerprint density at radius 3 is 2.46 bits per heavy atom. The van der Waals surface area contributed by atoms with Gasteiger partial charge in [-0.3, -0.25) is 9.59 Å². The molecule has 0 saturated heterocycles. The summed E-state index contributed by atoms with van der Waals surface area (Å²) in [6.07, 6.45) is 1.61. The van der Waals surface area contributed by atoms with Gasteiger partial charge in [-0.2, -0.15) is 0 Å². The molecule has 6 nitrogen and oxygen atoms in total. The third-order valence-electron chi connectivity index (χ3n) is 5.77. The molecule has 4 aromatic carbocycles. The van der Waals surface area contributed by atoms with Crippen LogP contribution in [0.15, 0.2) is 108 Å². The number of carbonyl (C=O) groups excluding carboxylic acids is 2. The van der Waals surface area contributed by atoms with E-state index in [9.17, 15) is 9.59 Å². The molecule has 182 valence electrons. The summed E-state index contributed by atoms with van der Waals surface area (Å²) in [5, 5.41) is 3.26. The van der Waals surface area contributed by atoms with Crippen LogP contribution in [0, 0.1) is 0 Å². The van der Waals surface area contributed by atoms with Crippen molar-refractivity contribution in [1.82, 2.24) is 4.98 Å². The van der Waals surface area contributed by atoms with Crippen LogP contribution < -0.4 is 10.1 Å². The van der Waals surface area contributed by atoms with Crippen molar-refractivity contribution in [2.75, 3.05) is 12.4 Å². The Morgan fingerprint density at radius 1 is 0.865 bits per heavy atom. The fourth-order valence-electron chi connectivity index (χ4n) is 3.92. The van der Waals surface area contributed by atoms with Gasteiger partial charge in [0.2, 0.25) is 5.89 Å². The molecular weight excluding hydrogens is 488 g/mol. The Balaban J connectivity index is 1.46. The van der Waals surface area contributed by atoms with Crippen LogP contribution in [0.1, 0.15) is 26.3 Å². The molecule has 1 amide bonds. The second-order valence-corrected chi connectivity index (χ2v) is 8.58. The molecule has 0 fully saturated rings. The van der Waals surface area contributed by atoms with Gasteiger partial charge in [0, 0.05) is 27.3 Å². The van der Waals surface area contributed by atoms with Crippen molar-refractivity contribution in [2.45, 2.75) is 0 Å². The number of oxazole rings is 1. The first kappa shape index (κ1) is 24.0. The Hall–Kier alpha value is -4.68. The summed E-state index contributed by atoms with van der Waals surface area (Å²) in [6, 6.07) is 28.0. The number of hydrogen-bond donors (Lipinski definition) is 1. The predicted octanol–water partition coefficient (Wildman–Crippen LogP) is 7.15. The van der Waals surface area contributed by atoms with E-state index in [1.54, 1.807) is 80.0 Å².